The summed E-state index contributed by atoms with van der Waals surface area (Å²) in [6.45, 7) is 11.3. The van der Waals surface area contributed by atoms with Crippen molar-refractivity contribution in [1.82, 2.24) is 10.2 Å². The number of halogens is 1. The van der Waals surface area contributed by atoms with Crippen LogP contribution in [0, 0.1) is 0 Å². The molecule has 0 spiro atoms. The zero-order valence-corrected chi connectivity index (χ0v) is 14.6. The van der Waals surface area contributed by atoms with E-state index in [1.165, 1.54) is 11.3 Å². The summed E-state index contributed by atoms with van der Waals surface area (Å²) in [4.78, 5) is 5.07. The molecule has 0 aliphatic carbocycles. The van der Waals surface area contributed by atoms with Gasteiger partial charge in [0.25, 0.3) is 0 Å². The van der Waals surface area contributed by atoms with E-state index in [1.54, 1.807) is 0 Å². The Bertz CT molecular complexity index is 439. The van der Waals surface area contributed by atoms with E-state index in [2.05, 4.69) is 70.0 Å². The Labute approximate surface area is 131 Å². The van der Waals surface area contributed by atoms with Gasteiger partial charge in [-0.05, 0) is 51.6 Å². The highest BCUT2D eigenvalue weighted by Gasteiger charge is 2.21. The Morgan fingerprint density at radius 1 is 1.10 bits per heavy atom. The number of rotatable bonds is 4. The number of anilines is 1. The molecule has 1 saturated heterocycles. The maximum atomic E-state index is 3.59. The molecule has 1 N–H and O–H groups in total. The van der Waals surface area contributed by atoms with Crippen LogP contribution in [-0.4, -0.2) is 44.2 Å². The molecule has 3 nitrogen and oxygen atoms in total. The van der Waals surface area contributed by atoms with Crippen molar-refractivity contribution in [3.63, 3.8) is 0 Å². The zero-order chi connectivity index (χ0) is 14.7. The van der Waals surface area contributed by atoms with Crippen molar-refractivity contribution in [1.29, 1.82) is 0 Å². The fraction of sp³-hybridized carbons (Fsp3) is 0.625. The smallest absolute Gasteiger partial charge is 0.0416 e. The molecule has 1 heterocycles. The first-order valence-electron chi connectivity index (χ1n) is 7.48. The van der Waals surface area contributed by atoms with E-state index < -0.39 is 0 Å². The molecule has 1 aromatic rings. The molecule has 0 amide bonds. The lowest BCUT2D eigenvalue weighted by Gasteiger charge is -2.39. The third kappa shape index (κ3) is 3.54. The average Bonchev–Trinajstić information content (AvgIpc) is 2.46. The first kappa shape index (κ1) is 15.8. The normalized spacial score (nSPS) is 18.6. The molecule has 1 unspecified atom stereocenters. The van der Waals surface area contributed by atoms with Gasteiger partial charge < -0.3 is 10.2 Å². The molecule has 1 aromatic carbocycles. The van der Waals surface area contributed by atoms with Crippen molar-refractivity contribution in [3.8, 4) is 0 Å². The van der Waals surface area contributed by atoms with Crippen LogP contribution < -0.4 is 10.2 Å². The van der Waals surface area contributed by atoms with E-state index >= 15 is 0 Å². The fourth-order valence-electron chi connectivity index (χ4n) is 2.79. The third-order valence-electron chi connectivity index (χ3n) is 4.27. The molecule has 2 rings (SSSR count). The maximum absolute atomic E-state index is 3.59. The molecule has 1 aliphatic rings. The Hall–Kier alpha value is -0.580. The van der Waals surface area contributed by atoms with E-state index in [0.29, 0.717) is 12.1 Å². The molecule has 20 heavy (non-hydrogen) atoms. The first-order chi connectivity index (χ1) is 9.52. The van der Waals surface area contributed by atoms with Crippen molar-refractivity contribution >= 4 is 21.6 Å². The molecule has 0 aromatic heterocycles. The van der Waals surface area contributed by atoms with Crippen LogP contribution in [0.25, 0.3) is 0 Å². The zero-order valence-electron chi connectivity index (χ0n) is 13.0. The molecule has 0 saturated carbocycles. The second-order valence-electron chi connectivity index (χ2n) is 5.83. The summed E-state index contributed by atoms with van der Waals surface area (Å²) in [5.41, 5.74) is 2.75. The van der Waals surface area contributed by atoms with Crippen molar-refractivity contribution in [2.45, 2.75) is 32.9 Å². The lowest BCUT2D eigenvalue weighted by molar-refractivity contribution is 0.209. The van der Waals surface area contributed by atoms with Crippen LogP contribution in [0.2, 0.25) is 0 Å². The van der Waals surface area contributed by atoms with Gasteiger partial charge >= 0.3 is 0 Å². The minimum Gasteiger partial charge on any atom is -0.369 e. The summed E-state index contributed by atoms with van der Waals surface area (Å²) in [5, 5.41) is 3.36. The Morgan fingerprint density at radius 2 is 1.75 bits per heavy atom. The predicted molar refractivity (Wildman–Crippen MR) is 90.5 cm³/mol. The van der Waals surface area contributed by atoms with Gasteiger partial charge in [-0.3, -0.25) is 4.90 Å². The van der Waals surface area contributed by atoms with E-state index in [9.17, 15) is 0 Å². The summed E-state index contributed by atoms with van der Waals surface area (Å²) in [5.74, 6) is 0. The largest absolute Gasteiger partial charge is 0.369 e. The van der Waals surface area contributed by atoms with Gasteiger partial charge in [-0.15, -0.1) is 0 Å². The van der Waals surface area contributed by atoms with Gasteiger partial charge in [-0.25, -0.2) is 0 Å². The minimum atomic E-state index is 0.366. The van der Waals surface area contributed by atoms with Gasteiger partial charge in [0.15, 0.2) is 0 Å². The quantitative estimate of drug-likeness (QED) is 0.908. The molecule has 1 atom stereocenters. The molecule has 0 radical (unpaired) electrons. The number of nitrogens with zero attached hydrogens (tertiary/aromatic N) is 2. The van der Waals surface area contributed by atoms with Crippen LogP contribution in [0.15, 0.2) is 22.7 Å². The lowest BCUT2D eigenvalue weighted by atomic mass is 10.0. The fourth-order valence-corrected chi connectivity index (χ4v) is 3.17. The number of piperazine rings is 1. The summed E-state index contributed by atoms with van der Waals surface area (Å²) >= 11 is 3.59. The van der Waals surface area contributed by atoms with Crippen LogP contribution in [0.3, 0.4) is 0 Å². The van der Waals surface area contributed by atoms with Gasteiger partial charge in [0.2, 0.25) is 0 Å². The summed E-state index contributed by atoms with van der Waals surface area (Å²) in [7, 11) is 2.02. The summed E-state index contributed by atoms with van der Waals surface area (Å²) in [6, 6.07) is 7.66. The molecule has 112 valence electrons. The molecular formula is C16H26BrN3. The Morgan fingerprint density at radius 3 is 2.30 bits per heavy atom. The van der Waals surface area contributed by atoms with Crippen LogP contribution in [0.1, 0.15) is 32.4 Å². The van der Waals surface area contributed by atoms with E-state index in [0.717, 1.165) is 30.7 Å². The van der Waals surface area contributed by atoms with Gasteiger partial charge in [0.1, 0.15) is 0 Å². The standard InChI is InChI=1S/C16H26BrN3/c1-12(2)19-7-9-20(10-8-19)16-6-5-14(17)11-15(16)13(3)18-4/h5-6,11-13,18H,7-10H2,1-4H3. The van der Waals surface area contributed by atoms with Crippen molar-refractivity contribution in [2.24, 2.45) is 0 Å². The van der Waals surface area contributed by atoms with Gasteiger partial charge in [-0.2, -0.15) is 0 Å². The second kappa shape index (κ2) is 6.92. The molecule has 1 aliphatic heterocycles. The monoisotopic (exact) mass is 339 g/mol. The van der Waals surface area contributed by atoms with Crippen LogP contribution in [0.4, 0.5) is 5.69 Å². The SMILES string of the molecule is CNC(C)c1cc(Br)ccc1N1CCN(C(C)C)CC1. The number of nitrogens with one attached hydrogen (secondary N) is 1. The topological polar surface area (TPSA) is 18.5 Å². The third-order valence-corrected chi connectivity index (χ3v) is 4.77. The summed E-state index contributed by atoms with van der Waals surface area (Å²) in [6.07, 6.45) is 0. The molecule has 4 heteroatoms. The minimum absolute atomic E-state index is 0.366. The van der Waals surface area contributed by atoms with E-state index in [1.807, 2.05) is 7.05 Å². The van der Waals surface area contributed by atoms with Gasteiger partial charge in [0, 0.05) is 48.4 Å². The Balaban J connectivity index is 2.17. The van der Waals surface area contributed by atoms with Crippen molar-refractivity contribution in [3.05, 3.63) is 28.2 Å². The van der Waals surface area contributed by atoms with Gasteiger partial charge in [-0.1, -0.05) is 15.9 Å². The van der Waals surface area contributed by atoms with Crippen LogP contribution in [-0.2, 0) is 0 Å². The summed E-state index contributed by atoms with van der Waals surface area (Å²) < 4.78 is 1.15. The van der Waals surface area contributed by atoms with Crippen molar-refractivity contribution < 1.29 is 0 Å². The lowest BCUT2D eigenvalue weighted by Crippen LogP contribution is -2.49. The first-order valence-corrected chi connectivity index (χ1v) is 8.28. The van der Waals surface area contributed by atoms with Crippen LogP contribution >= 0.6 is 15.9 Å². The number of hydrogen-bond acceptors (Lipinski definition) is 3. The Kier molecular flexibility index (Phi) is 5.47. The van der Waals surface area contributed by atoms with Crippen molar-refractivity contribution in [2.75, 3.05) is 38.1 Å². The van der Waals surface area contributed by atoms with Gasteiger partial charge in [0.05, 0.1) is 0 Å². The van der Waals surface area contributed by atoms with E-state index in [-0.39, 0.29) is 0 Å². The second-order valence-corrected chi connectivity index (χ2v) is 6.75. The molecule has 1 fully saturated rings. The number of hydrogen-bond donors (Lipinski definition) is 1. The molecular weight excluding hydrogens is 314 g/mol. The average molecular weight is 340 g/mol. The highest BCUT2D eigenvalue weighted by Crippen LogP contribution is 2.30. The maximum Gasteiger partial charge on any atom is 0.0416 e. The predicted octanol–water partition coefficient (Wildman–Crippen LogP) is 3.26. The molecule has 0 bridgehead atoms. The van der Waals surface area contributed by atoms with E-state index in [4.69, 9.17) is 0 Å². The number of benzene rings is 1. The highest BCUT2D eigenvalue weighted by molar-refractivity contribution is 9.10. The van der Waals surface area contributed by atoms with Crippen LogP contribution in [0.5, 0.6) is 0 Å². The highest BCUT2D eigenvalue weighted by atomic mass is 79.9.